The first-order chi connectivity index (χ1) is 10.7. The Morgan fingerprint density at radius 3 is 2.57 bits per heavy atom. The maximum Gasteiger partial charge on any atom is 0.163 e. The average molecular weight is 349 g/mol. The second-order valence-electron chi connectivity index (χ2n) is 4.85. The highest BCUT2D eigenvalue weighted by Gasteiger charge is 2.15. The van der Waals surface area contributed by atoms with E-state index in [1.165, 1.54) is 11.5 Å². The van der Waals surface area contributed by atoms with Crippen molar-refractivity contribution in [3.8, 4) is 33.9 Å². The summed E-state index contributed by atoms with van der Waals surface area (Å²) >= 11 is 1.44. The van der Waals surface area contributed by atoms with Gasteiger partial charge in [0.2, 0.25) is 0 Å². The topological polar surface area (TPSA) is 44.2 Å². The van der Waals surface area contributed by atoms with E-state index in [2.05, 4.69) is 15.4 Å². The van der Waals surface area contributed by atoms with Crippen LogP contribution in [0.5, 0.6) is 11.5 Å². The Kier molecular flexibility index (Phi) is 5.58. The van der Waals surface area contributed by atoms with Crippen molar-refractivity contribution < 1.29 is 9.47 Å². The molecule has 0 amide bonds. The lowest BCUT2D eigenvalue weighted by Crippen LogP contribution is -1.94. The summed E-state index contributed by atoms with van der Waals surface area (Å²) in [5, 5.41) is 2.04. The van der Waals surface area contributed by atoms with Crippen LogP contribution in [-0.4, -0.2) is 23.6 Å². The van der Waals surface area contributed by atoms with Gasteiger partial charge in [-0.05, 0) is 42.2 Å². The number of aromatic nitrogens is 2. The van der Waals surface area contributed by atoms with E-state index in [1.54, 1.807) is 20.4 Å². The molecule has 3 rings (SSSR count). The summed E-state index contributed by atoms with van der Waals surface area (Å²) in [6.45, 7) is 2.00. The number of nitrogens with zero attached hydrogens (tertiary/aromatic N) is 2. The number of halogens is 1. The Morgan fingerprint density at radius 1 is 1.09 bits per heavy atom. The minimum Gasteiger partial charge on any atom is -0.493 e. The summed E-state index contributed by atoms with van der Waals surface area (Å²) in [6, 6.07) is 7.99. The maximum atomic E-state index is 5.44. The number of pyridine rings is 1. The van der Waals surface area contributed by atoms with Gasteiger partial charge in [-0.25, -0.2) is 0 Å². The van der Waals surface area contributed by atoms with E-state index in [1.807, 2.05) is 36.7 Å². The van der Waals surface area contributed by atoms with Gasteiger partial charge in [0.15, 0.2) is 11.5 Å². The number of benzene rings is 1. The number of ether oxygens (including phenoxy) is 2. The van der Waals surface area contributed by atoms with E-state index in [-0.39, 0.29) is 12.4 Å². The van der Waals surface area contributed by atoms with E-state index >= 15 is 0 Å². The smallest absolute Gasteiger partial charge is 0.163 e. The third-order valence-corrected chi connectivity index (χ3v) is 4.11. The van der Waals surface area contributed by atoms with Crippen LogP contribution >= 0.6 is 23.9 Å². The first-order valence-electron chi connectivity index (χ1n) is 6.82. The van der Waals surface area contributed by atoms with Gasteiger partial charge in [-0.15, -0.1) is 12.4 Å². The summed E-state index contributed by atoms with van der Waals surface area (Å²) < 4.78 is 15.4. The van der Waals surface area contributed by atoms with Crippen molar-refractivity contribution in [2.45, 2.75) is 6.92 Å². The first-order valence-corrected chi connectivity index (χ1v) is 7.66. The van der Waals surface area contributed by atoms with Crippen LogP contribution in [0.1, 0.15) is 5.56 Å². The minimum absolute atomic E-state index is 0. The zero-order chi connectivity index (χ0) is 15.5. The standard InChI is InChI=1S/C17H16N2O2S.ClH/c1-11-7-13(8-15(20-2)17(11)21-3)16-14(10-22-19-16)12-5-4-6-18-9-12;/h4-10H,1-3H3;1H. The fraction of sp³-hybridized carbons (Fsp3) is 0.176. The lowest BCUT2D eigenvalue weighted by molar-refractivity contribution is 0.353. The molecule has 0 spiro atoms. The Bertz CT molecular complexity index is 791. The molecular weight excluding hydrogens is 332 g/mol. The minimum atomic E-state index is 0. The fourth-order valence-electron chi connectivity index (χ4n) is 2.46. The largest absolute Gasteiger partial charge is 0.493 e. The van der Waals surface area contributed by atoms with E-state index in [9.17, 15) is 0 Å². The van der Waals surface area contributed by atoms with Crippen molar-refractivity contribution >= 4 is 23.9 Å². The van der Waals surface area contributed by atoms with Gasteiger partial charge >= 0.3 is 0 Å². The number of rotatable bonds is 4. The van der Waals surface area contributed by atoms with Crippen LogP contribution in [0, 0.1) is 6.92 Å². The molecule has 0 N–H and O–H groups in total. The summed E-state index contributed by atoms with van der Waals surface area (Å²) in [4.78, 5) is 4.19. The lowest BCUT2D eigenvalue weighted by atomic mass is 10.0. The molecule has 0 aliphatic rings. The Labute approximate surface area is 145 Å². The third-order valence-electron chi connectivity index (χ3n) is 3.48. The van der Waals surface area contributed by atoms with E-state index < -0.39 is 0 Å². The van der Waals surface area contributed by atoms with Crippen LogP contribution in [0.25, 0.3) is 22.4 Å². The van der Waals surface area contributed by atoms with Gasteiger partial charge in [-0.2, -0.15) is 4.37 Å². The molecule has 0 fully saturated rings. The van der Waals surface area contributed by atoms with Crippen molar-refractivity contribution in [3.63, 3.8) is 0 Å². The normalized spacial score (nSPS) is 10.0. The van der Waals surface area contributed by atoms with E-state index in [0.29, 0.717) is 5.75 Å². The molecule has 0 atom stereocenters. The van der Waals surface area contributed by atoms with Crippen LogP contribution in [0.15, 0.2) is 42.0 Å². The highest BCUT2D eigenvalue weighted by Crippen LogP contribution is 2.39. The molecule has 0 unspecified atom stereocenters. The highest BCUT2D eigenvalue weighted by molar-refractivity contribution is 7.04. The van der Waals surface area contributed by atoms with E-state index in [4.69, 9.17) is 9.47 Å². The predicted molar refractivity (Wildman–Crippen MR) is 95.9 cm³/mol. The third kappa shape index (κ3) is 3.30. The molecule has 0 aliphatic carbocycles. The number of methoxy groups -OCH3 is 2. The van der Waals surface area contributed by atoms with Crippen molar-refractivity contribution in [1.82, 2.24) is 9.36 Å². The molecule has 0 saturated carbocycles. The second-order valence-corrected chi connectivity index (χ2v) is 5.48. The van der Waals surface area contributed by atoms with Crippen LogP contribution in [0.2, 0.25) is 0 Å². The average Bonchev–Trinajstić information content (AvgIpc) is 3.04. The predicted octanol–water partition coefficient (Wildman–Crippen LogP) is 4.62. The summed E-state index contributed by atoms with van der Waals surface area (Å²) in [7, 11) is 3.29. The number of hydrogen-bond donors (Lipinski definition) is 0. The summed E-state index contributed by atoms with van der Waals surface area (Å²) in [5.74, 6) is 1.46. The fourth-order valence-corrected chi connectivity index (χ4v) is 3.18. The molecule has 3 aromatic rings. The molecule has 0 radical (unpaired) electrons. The summed E-state index contributed by atoms with van der Waals surface area (Å²) in [5.41, 5.74) is 5.09. The molecular formula is C17H17ClN2O2S. The molecule has 0 saturated heterocycles. The molecule has 4 nitrogen and oxygen atoms in total. The Morgan fingerprint density at radius 2 is 1.91 bits per heavy atom. The van der Waals surface area contributed by atoms with Crippen LogP contribution in [-0.2, 0) is 0 Å². The SMILES string of the molecule is COc1cc(-c2nscc2-c2cccnc2)cc(C)c1OC.Cl. The summed E-state index contributed by atoms with van der Waals surface area (Å²) in [6.07, 6.45) is 3.62. The Hall–Kier alpha value is -2.11. The monoisotopic (exact) mass is 348 g/mol. The second kappa shape index (κ2) is 7.44. The van der Waals surface area contributed by atoms with Gasteiger partial charge in [-0.1, -0.05) is 6.07 Å². The van der Waals surface area contributed by atoms with Gasteiger partial charge in [-0.3, -0.25) is 4.98 Å². The van der Waals surface area contributed by atoms with E-state index in [0.717, 1.165) is 33.7 Å². The zero-order valence-corrected chi connectivity index (χ0v) is 14.7. The van der Waals surface area contributed by atoms with Gasteiger partial charge in [0.05, 0.1) is 19.9 Å². The first kappa shape index (κ1) is 17.2. The molecule has 23 heavy (non-hydrogen) atoms. The number of hydrogen-bond acceptors (Lipinski definition) is 5. The van der Waals surface area contributed by atoms with Gasteiger partial charge in [0.25, 0.3) is 0 Å². The van der Waals surface area contributed by atoms with Gasteiger partial charge in [0.1, 0.15) is 0 Å². The molecule has 0 bridgehead atoms. The van der Waals surface area contributed by atoms with Crippen molar-refractivity contribution in [1.29, 1.82) is 0 Å². The number of aryl methyl sites for hydroxylation is 1. The van der Waals surface area contributed by atoms with Crippen molar-refractivity contribution in [2.24, 2.45) is 0 Å². The molecule has 2 aromatic heterocycles. The lowest BCUT2D eigenvalue weighted by Gasteiger charge is -2.12. The highest BCUT2D eigenvalue weighted by atomic mass is 35.5. The van der Waals surface area contributed by atoms with Crippen LogP contribution in [0.4, 0.5) is 0 Å². The maximum absolute atomic E-state index is 5.44. The van der Waals surface area contributed by atoms with Gasteiger partial charge < -0.3 is 9.47 Å². The van der Waals surface area contributed by atoms with Crippen LogP contribution in [0.3, 0.4) is 0 Å². The molecule has 2 heterocycles. The van der Waals surface area contributed by atoms with Crippen molar-refractivity contribution in [3.05, 3.63) is 47.6 Å². The molecule has 0 aliphatic heterocycles. The van der Waals surface area contributed by atoms with Crippen molar-refractivity contribution in [2.75, 3.05) is 14.2 Å². The van der Waals surface area contributed by atoms with Crippen LogP contribution < -0.4 is 9.47 Å². The molecule has 120 valence electrons. The van der Waals surface area contributed by atoms with Gasteiger partial charge in [0, 0.05) is 34.5 Å². The zero-order valence-electron chi connectivity index (χ0n) is 13.1. The molecule has 1 aromatic carbocycles. The molecule has 6 heteroatoms. The quantitative estimate of drug-likeness (QED) is 0.690. The Balaban J connectivity index is 0.00000192.